The zero-order chi connectivity index (χ0) is 14.7. The number of aryl methyl sites for hydroxylation is 1. The number of ether oxygens (including phenoxy) is 1. The third-order valence-corrected chi connectivity index (χ3v) is 4.08. The van der Waals surface area contributed by atoms with Crippen LogP contribution in [0.5, 0.6) is 5.75 Å². The van der Waals surface area contributed by atoms with Crippen LogP contribution in [0.2, 0.25) is 0 Å². The van der Waals surface area contributed by atoms with Gasteiger partial charge in [-0.05, 0) is 55.7 Å². The molecule has 1 unspecified atom stereocenters. The quantitative estimate of drug-likeness (QED) is 0.893. The van der Waals surface area contributed by atoms with E-state index >= 15 is 0 Å². The summed E-state index contributed by atoms with van der Waals surface area (Å²) in [5, 5.41) is 0. The molecule has 2 aromatic carbocycles. The van der Waals surface area contributed by atoms with Crippen LogP contribution in [-0.4, -0.2) is 6.61 Å². The first kappa shape index (κ1) is 15.1. The van der Waals surface area contributed by atoms with Crippen molar-refractivity contribution in [1.82, 2.24) is 0 Å². The van der Waals surface area contributed by atoms with Crippen LogP contribution in [0.15, 0.2) is 40.9 Å². The summed E-state index contributed by atoms with van der Waals surface area (Å²) in [6.45, 7) is 6.84. The smallest absolute Gasteiger partial charge is 0.124 e. The van der Waals surface area contributed by atoms with Gasteiger partial charge >= 0.3 is 0 Å². The van der Waals surface area contributed by atoms with Gasteiger partial charge in [0, 0.05) is 10.0 Å². The number of benzene rings is 2. The minimum absolute atomic E-state index is 0.186. The van der Waals surface area contributed by atoms with E-state index in [4.69, 9.17) is 10.5 Å². The monoisotopic (exact) mass is 333 g/mol. The summed E-state index contributed by atoms with van der Waals surface area (Å²) in [5.41, 5.74) is 11.1. The molecule has 3 heteroatoms. The highest BCUT2D eigenvalue weighted by atomic mass is 79.9. The highest BCUT2D eigenvalue weighted by Gasteiger charge is 2.17. The van der Waals surface area contributed by atoms with Gasteiger partial charge < -0.3 is 10.5 Å². The van der Waals surface area contributed by atoms with E-state index in [9.17, 15) is 0 Å². The molecule has 0 saturated carbocycles. The normalized spacial score (nSPS) is 12.2. The summed E-state index contributed by atoms with van der Waals surface area (Å²) >= 11 is 3.51. The van der Waals surface area contributed by atoms with Crippen LogP contribution in [-0.2, 0) is 0 Å². The van der Waals surface area contributed by atoms with Gasteiger partial charge in [0.1, 0.15) is 5.75 Å². The van der Waals surface area contributed by atoms with Crippen LogP contribution in [0.25, 0.3) is 0 Å². The molecule has 0 aliphatic rings. The van der Waals surface area contributed by atoms with Crippen molar-refractivity contribution in [2.75, 3.05) is 6.61 Å². The highest BCUT2D eigenvalue weighted by molar-refractivity contribution is 9.10. The number of hydrogen-bond acceptors (Lipinski definition) is 2. The van der Waals surface area contributed by atoms with Gasteiger partial charge in [0.25, 0.3) is 0 Å². The second-order valence-corrected chi connectivity index (χ2v) is 5.80. The molecular weight excluding hydrogens is 314 g/mol. The largest absolute Gasteiger partial charge is 0.494 e. The molecule has 0 aromatic heterocycles. The van der Waals surface area contributed by atoms with E-state index in [1.807, 2.05) is 25.1 Å². The van der Waals surface area contributed by atoms with E-state index < -0.39 is 0 Å². The summed E-state index contributed by atoms with van der Waals surface area (Å²) in [6, 6.07) is 12.0. The topological polar surface area (TPSA) is 35.2 Å². The summed E-state index contributed by atoms with van der Waals surface area (Å²) in [4.78, 5) is 0. The molecule has 2 nitrogen and oxygen atoms in total. The van der Waals surface area contributed by atoms with E-state index in [0.717, 1.165) is 21.3 Å². The number of rotatable bonds is 4. The van der Waals surface area contributed by atoms with Crippen LogP contribution in [0, 0.1) is 13.8 Å². The molecule has 0 aliphatic carbocycles. The maximum absolute atomic E-state index is 6.49. The molecule has 0 radical (unpaired) electrons. The van der Waals surface area contributed by atoms with E-state index in [0.29, 0.717) is 6.61 Å². The Balaban J connectivity index is 2.49. The molecule has 1 atom stereocenters. The predicted molar refractivity (Wildman–Crippen MR) is 87.3 cm³/mol. The van der Waals surface area contributed by atoms with E-state index in [-0.39, 0.29) is 6.04 Å². The highest BCUT2D eigenvalue weighted by Crippen LogP contribution is 2.33. The lowest BCUT2D eigenvalue weighted by Crippen LogP contribution is -2.15. The molecule has 0 bridgehead atoms. The van der Waals surface area contributed by atoms with Gasteiger partial charge in [0.15, 0.2) is 0 Å². The molecule has 0 fully saturated rings. The second kappa shape index (κ2) is 6.42. The first-order valence-electron chi connectivity index (χ1n) is 6.78. The number of nitrogens with two attached hydrogens (primary N) is 1. The van der Waals surface area contributed by atoms with Crippen molar-refractivity contribution in [2.24, 2.45) is 5.73 Å². The molecule has 2 rings (SSSR count). The Morgan fingerprint density at radius 1 is 1.15 bits per heavy atom. The Hall–Kier alpha value is -1.32. The average molecular weight is 334 g/mol. The molecule has 20 heavy (non-hydrogen) atoms. The lowest BCUT2D eigenvalue weighted by molar-refractivity contribution is 0.335. The number of halogens is 1. The predicted octanol–water partition coefficient (Wildman–Crippen LogP) is 4.51. The molecule has 0 spiro atoms. The SMILES string of the molecule is CCOc1ccc(Br)cc1C(N)c1cccc(C)c1C. The minimum atomic E-state index is -0.186. The molecule has 0 saturated heterocycles. The maximum Gasteiger partial charge on any atom is 0.124 e. The standard InChI is InChI=1S/C17H20BrNO/c1-4-20-16-9-8-13(18)10-15(16)17(19)14-7-5-6-11(2)12(14)3/h5-10,17H,4,19H2,1-3H3. The third kappa shape index (κ3) is 3.05. The van der Waals surface area contributed by atoms with E-state index in [1.54, 1.807) is 0 Å². The lowest BCUT2D eigenvalue weighted by atomic mass is 9.93. The van der Waals surface area contributed by atoms with Crippen molar-refractivity contribution in [3.63, 3.8) is 0 Å². The van der Waals surface area contributed by atoms with Crippen molar-refractivity contribution in [3.05, 3.63) is 63.1 Å². The van der Waals surface area contributed by atoms with Crippen molar-refractivity contribution in [3.8, 4) is 5.75 Å². The van der Waals surface area contributed by atoms with Crippen molar-refractivity contribution < 1.29 is 4.74 Å². The molecule has 2 aromatic rings. The third-order valence-electron chi connectivity index (χ3n) is 3.59. The van der Waals surface area contributed by atoms with Crippen molar-refractivity contribution in [2.45, 2.75) is 26.8 Å². The van der Waals surface area contributed by atoms with Gasteiger partial charge in [-0.2, -0.15) is 0 Å². The van der Waals surface area contributed by atoms with Gasteiger partial charge in [0.05, 0.1) is 12.6 Å². The minimum Gasteiger partial charge on any atom is -0.494 e. The molecular formula is C17H20BrNO. The van der Waals surface area contributed by atoms with Gasteiger partial charge in [-0.3, -0.25) is 0 Å². The number of hydrogen-bond donors (Lipinski definition) is 1. The first-order valence-corrected chi connectivity index (χ1v) is 7.57. The van der Waals surface area contributed by atoms with Gasteiger partial charge in [-0.25, -0.2) is 0 Å². The summed E-state index contributed by atoms with van der Waals surface area (Å²) in [7, 11) is 0. The van der Waals surface area contributed by atoms with Gasteiger partial charge in [-0.1, -0.05) is 34.1 Å². The fourth-order valence-electron chi connectivity index (χ4n) is 2.33. The fraction of sp³-hybridized carbons (Fsp3) is 0.294. The van der Waals surface area contributed by atoms with Crippen LogP contribution < -0.4 is 10.5 Å². The molecule has 2 N–H and O–H groups in total. The zero-order valence-electron chi connectivity index (χ0n) is 12.1. The van der Waals surface area contributed by atoms with E-state index in [2.05, 4.69) is 48.0 Å². The maximum atomic E-state index is 6.49. The van der Waals surface area contributed by atoms with Crippen LogP contribution in [0.3, 0.4) is 0 Å². The van der Waals surface area contributed by atoms with Crippen molar-refractivity contribution >= 4 is 15.9 Å². The molecule has 0 aliphatic heterocycles. The summed E-state index contributed by atoms with van der Waals surface area (Å²) in [5.74, 6) is 0.851. The molecule has 0 amide bonds. The van der Waals surface area contributed by atoms with Gasteiger partial charge in [-0.15, -0.1) is 0 Å². The van der Waals surface area contributed by atoms with Crippen molar-refractivity contribution in [1.29, 1.82) is 0 Å². The second-order valence-electron chi connectivity index (χ2n) is 4.88. The Morgan fingerprint density at radius 3 is 2.60 bits per heavy atom. The Labute approximate surface area is 129 Å². The van der Waals surface area contributed by atoms with Crippen LogP contribution in [0.1, 0.15) is 35.2 Å². The zero-order valence-corrected chi connectivity index (χ0v) is 13.7. The fourth-order valence-corrected chi connectivity index (χ4v) is 2.71. The summed E-state index contributed by atoms with van der Waals surface area (Å²) in [6.07, 6.45) is 0. The Kier molecular flexibility index (Phi) is 4.84. The molecule has 0 heterocycles. The Morgan fingerprint density at radius 2 is 1.90 bits per heavy atom. The Bertz CT molecular complexity index is 610. The van der Waals surface area contributed by atoms with Crippen LogP contribution >= 0.6 is 15.9 Å². The first-order chi connectivity index (χ1) is 9.54. The van der Waals surface area contributed by atoms with E-state index in [1.165, 1.54) is 11.1 Å². The summed E-state index contributed by atoms with van der Waals surface area (Å²) < 4.78 is 6.71. The van der Waals surface area contributed by atoms with Gasteiger partial charge in [0.2, 0.25) is 0 Å². The molecule has 106 valence electrons. The lowest BCUT2D eigenvalue weighted by Gasteiger charge is -2.20. The average Bonchev–Trinajstić information content (AvgIpc) is 2.43. The van der Waals surface area contributed by atoms with Crippen LogP contribution in [0.4, 0.5) is 0 Å².